The fourth-order valence-electron chi connectivity index (χ4n) is 4.73. The van der Waals surface area contributed by atoms with Crippen LogP contribution in [0.1, 0.15) is 34.0 Å². The molecule has 1 N–H and O–H groups in total. The van der Waals surface area contributed by atoms with Crippen LogP contribution in [0, 0.1) is 0 Å². The number of aliphatic hydroxyl groups is 1. The number of aliphatic hydroxyl groups excluding tert-OH is 1. The number of β-amino-alcohol motifs (C(OH)–C–C–N with tert-alkyl or cyclic N) is 1. The van der Waals surface area contributed by atoms with E-state index in [1.165, 1.54) is 12.0 Å². The van der Waals surface area contributed by atoms with E-state index in [1.54, 1.807) is 12.1 Å². The van der Waals surface area contributed by atoms with Gasteiger partial charge in [0, 0.05) is 23.7 Å². The maximum absolute atomic E-state index is 12.6. The third-order valence-electron chi connectivity index (χ3n) is 6.85. The lowest BCUT2D eigenvalue weighted by Gasteiger charge is -2.35. The number of rotatable bonds is 7. The van der Waals surface area contributed by atoms with Gasteiger partial charge in [0.1, 0.15) is 18.1 Å². The normalized spacial score (nSPS) is 16.7. The average molecular weight is 539 g/mol. The van der Waals surface area contributed by atoms with E-state index in [4.69, 9.17) is 19.2 Å². The second kappa shape index (κ2) is 12.4. The van der Waals surface area contributed by atoms with Crippen LogP contribution in [0.4, 0.5) is 4.79 Å². The lowest BCUT2D eigenvalue weighted by Crippen LogP contribution is -2.46. The SMILES string of the molecule is COC(=O)c1ccc(C2CCN(C(=O)OCc3ccccc3)CC2O)nc1-c1ccc(Oc2ccccc2)cc1. The van der Waals surface area contributed by atoms with Crippen LogP contribution in [-0.2, 0) is 16.1 Å². The fourth-order valence-corrected chi connectivity index (χ4v) is 4.73. The van der Waals surface area contributed by atoms with Crippen molar-refractivity contribution in [1.82, 2.24) is 9.88 Å². The molecule has 5 rings (SSSR count). The average Bonchev–Trinajstić information content (AvgIpc) is 3.00. The van der Waals surface area contributed by atoms with Gasteiger partial charge in [-0.25, -0.2) is 9.59 Å². The van der Waals surface area contributed by atoms with Gasteiger partial charge in [-0.1, -0.05) is 48.5 Å². The summed E-state index contributed by atoms with van der Waals surface area (Å²) in [6, 6.07) is 29.6. The van der Waals surface area contributed by atoms with Crippen molar-refractivity contribution >= 4 is 12.1 Å². The number of amides is 1. The van der Waals surface area contributed by atoms with Crippen LogP contribution in [0.2, 0.25) is 0 Å². The van der Waals surface area contributed by atoms with Crippen LogP contribution in [-0.4, -0.2) is 53.4 Å². The molecule has 2 unspecified atom stereocenters. The molecule has 2 atom stereocenters. The summed E-state index contributed by atoms with van der Waals surface area (Å²) in [5.74, 6) is 0.544. The number of hydrogen-bond donors (Lipinski definition) is 1. The summed E-state index contributed by atoms with van der Waals surface area (Å²) >= 11 is 0. The highest BCUT2D eigenvalue weighted by Crippen LogP contribution is 2.32. The molecule has 1 aromatic heterocycles. The Morgan fingerprint density at radius 1 is 0.900 bits per heavy atom. The minimum absolute atomic E-state index is 0.125. The number of methoxy groups -OCH3 is 1. The zero-order chi connectivity index (χ0) is 27.9. The Bertz CT molecular complexity index is 1440. The number of nitrogens with zero attached hydrogens (tertiary/aromatic N) is 2. The first kappa shape index (κ1) is 26.9. The smallest absolute Gasteiger partial charge is 0.410 e. The van der Waals surface area contributed by atoms with E-state index in [1.807, 2.05) is 84.9 Å². The molecule has 3 aromatic carbocycles. The molecule has 1 aliphatic rings. The monoisotopic (exact) mass is 538 g/mol. The highest BCUT2D eigenvalue weighted by Gasteiger charge is 2.33. The summed E-state index contributed by atoms with van der Waals surface area (Å²) in [5.41, 5.74) is 3.01. The van der Waals surface area contributed by atoms with E-state index < -0.39 is 18.2 Å². The number of para-hydroxylation sites is 1. The van der Waals surface area contributed by atoms with Gasteiger partial charge in [-0.3, -0.25) is 4.98 Å². The maximum atomic E-state index is 12.6. The van der Waals surface area contributed by atoms with Crippen LogP contribution in [0.15, 0.2) is 97.1 Å². The van der Waals surface area contributed by atoms with Crippen molar-refractivity contribution in [1.29, 1.82) is 0 Å². The van der Waals surface area contributed by atoms with Crippen LogP contribution in [0.5, 0.6) is 11.5 Å². The molecule has 0 spiro atoms. The zero-order valence-corrected chi connectivity index (χ0v) is 22.1. The molecule has 8 nitrogen and oxygen atoms in total. The third kappa shape index (κ3) is 6.30. The Hall–Kier alpha value is -4.69. The van der Waals surface area contributed by atoms with Crippen molar-refractivity contribution in [2.75, 3.05) is 20.2 Å². The molecule has 1 amide bonds. The lowest BCUT2D eigenvalue weighted by molar-refractivity contribution is 0.0336. The molecule has 2 heterocycles. The molecular weight excluding hydrogens is 508 g/mol. The van der Waals surface area contributed by atoms with Crippen LogP contribution >= 0.6 is 0 Å². The van der Waals surface area contributed by atoms with Gasteiger partial charge >= 0.3 is 12.1 Å². The van der Waals surface area contributed by atoms with E-state index in [9.17, 15) is 14.7 Å². The summed E-state index contributed by atoms with van der Waals surface area (Å²) in [4.78, 5) is 31.5. The third-order valence-corrected chi connectivity index (χ3v) is 6.85. The lowest BCUT2D eigenvalue weighted by atomic mass is 9.89. The van der Waals surface area contributed by atoms with Gasteiger partial charge in [0.2, 0.25) is 0 Å². The summed E-state index contributed by atoms with van der Waals surface area (Å²) in [7, 11) is 1.33. The van der Waals surface area contributed by atoms with Crippen LogP contribution < -0.4 is 4.74 Å². The number of aromatic nitrogens is 1. The molecule has 4 aromatic rings. The van der Waals surface area contributed by atoms with Crippen molar-refractivity contribution in [3.8, 4) is 22.8 Å². The van der Waals surface area contributed by atoms with Crippen molar-refractivity contribution in [2.45, 2.75) is 25.0 Å². The van der Waals surface area contributed by atoms with Crippen molar-refractivity contribution in [3.63, 3.8) is 0 Å². The van der Waals surface area contributed by atoms with E-state index in [2.05, 4.69) is 0 Å². The molecule has 40 heavy (non-hydrogen) atoms. The second-order valence-corrected chi connectivity index (χ2v) is 9.51. The number of esters is 1. The summed E-state index contributed by atoms with van der Waals surface area (Å²) in [5, 5.41) is 11.0. The number of likely N-dealkylation sites (tertiary alicyclic amines) is 1. The molecule has 8 heteroatoms. The quantitative estimate of drug-likeness (QED) is 0.296. The maximum Gasteiger partial charge on any atom is 0.410 e. The highest BCUT2D eigenvalue weighted by atomic mass is 16.6. The molecule has 1 aliphatic heterocycles. The topological polar surface area (TPSA) is 98.2 Å². The largest absolute Gasteiger partial charge is 0.465 e. The van der Waals surface area contributed by atoms with Gasteiger partial charge in [0.25, 0.3) is 0 Å². The van der Waals surface area contributed by atoms with E-state index in [-0.39, 0.29) is 19.1 Å². The molecule has 0 aliphatic carbocycles. The van der Waals surface area contributed by atoms with Crippen molar-refractivity contribution in [2.24, 2.45) is 0 Å². The first-order valence-electron chi connectivity index (χ1n) is 13.1. The minimum Gasteiger partial charge on any atom is -0.465 e. The first-order valence-corrected chi connectivity index (χ1v) is 13.1. The van der Waals surface area contributed by atoms with Crippen molar-refractivity contribution in [3.05, 3.63) is 114 Å². The molecule has 0 saturated carbocycles. The number of hydrogen-bond acceptors (Lipinski definition) is 7. The first-order chi connectivity index (χ1) is 19.5. The Labute approximate surface area is 232 Å². The number of pyridine rings is 1. The van der Waals surface area contributed by atoms with Gasteiger partial charge in [-0.05, 0) is 60.5 Å². The molecule has 0 radical (unpaired) electrons. The number of ether oxygens (including phenoxy) is 3. The fraction of sp³-hybridized carbons (Fsp3) is 0.219. The second-order valence-electron chi connectivity index (χ2n) is 9.51. The number of benzene rings is 3. The summed E-state index contributed by atoms with van der Waals surface area (Å²) < 4.78 is 16.3. The van der Waals surface area contributed by atoms with Gasteiger partial charge in [0.15, 0.2) is 0 Å². The van der Waals surface area contributed by atoms with Gasteiger partial charge in [0.05, 0.1) is 31.0 Å². The number of carbonyl (C=O) groups excluding carboxylic acids is 2. The predicted molar refractivity (Wildman–Crippen MR) is 149 cm³/mol. The van der Waals surface area contributed by atoms with Gasteiger partial charge < -0.3 is 24.2 Å². The van der Waals surface area contributed by atoms with Gasteiger partial charge in [-0.15, -0.1) is 0 Å². The number of piperidine rings is 1. The Balaban J connectivity index is 1.31. The molecule has 0 bridgehead atoms. The van der Waals surface area contributed by atoms with E-state index in [0.29, 0.717) is 41.2 Å². The van der Waals surface area contributed by atoms with E-state index in [0.717, 1.165) is 11.3 Å². The Kier molecular flexibility index (Phi) is 8.37. The standard InChI is InChI=1S/C32H30N2O6/c1-38-31(36)27-16-17-28(33-30(27)23-12-14-25(15-13-23)40-24-10-6-3-7-11-24)26-18-19-34(20-29(26)35)32(37)39-21-22-8-4-2-5-9-22/h2-17,26,29,35H,18-21H2,1H3. The molecular formula is C32H30N2O6. The Morgan fingerprint density at radius 2 is 1.57 bits per heavy atom. The summed E-state index contributed by atoms with van der Waals surface area (Å²) in [6.45, 7) is 0.709. The van der Waals surface area contributed by atoms with Crippen LogP contribution in [0.25, 0.3) is 11.3 Å². The predicted octanol–water partition coefficient (Wildman–Crippen LogP) is 5.81. The molecule has 1 fully saturated rings. The Morgan fingerprint density at radius 3 is 2.25 bits per heavy atom. The number of carbonyl (C=O) groups is 2. The van der Waals surface area contributed by atoms with E-state index >= 15 is 0 Å². The van der Waals surface area contributed by atoms with Crippen LogP contribution in [0.3, 0.4) is 0 Å². The van der Waals surface area contributed by atoms with Crippen molar-refractivity contribution < 1.29 is 28.9 Å². The minimum atomic E-state index is -0.844. The zero-order valence-electron chi connectivity index (χ0n) is 22.1. The highest BCUT2D eigenvalue weighted by molar-refractivity contribution is 5.96. The summed E-state index contributed by atoms with van der Waals surface area (Å²) in [6.07, 6.45) is -0.812. The van der Waals surface area contributed by atoms with Gasteiger partial charge in [-0.2, -0.15) is 0 Å². The molecule has 1 saturated heterocycles. The molecule has 204 valence electrons.